The van der Waals surface area contributed by atoms with Gasteiger partial charge in [0.2, 0.25) is 5.95 Å². The van der Waals surface area contributed by atoms with Crippen LogP contribution < -0.4 is 5.73 Å². The monoisotopic (exact) mass is 453 g/mol. The first kappa shape index (κ1) is 22.2. The molecule has 0 saturated carbocycles. The summed E-state index contributed by atoms with van der Waals surface area (Å²) in [6.07, 6.45) is 1.30. The van der Waals surface area contributed by atoms with Gasteiger partial charge in [-0.3, -0.25) is 4.57 Å². The predicted molar refractivity (Wildman–Crippen MR) is 122 cm³/mol. The molecule has 4 aromatic rings. The minimum absolute atomic E-state index is 0.0817. The van der Waals surface area contributed by atoms with Crippen molar-refractivity contribution in [3.8, 4) is 0 Å². The molecule has 0 amide bonds. The van der Waals surface area contributed by atoms with Gasteiger partial charge in [-0.25, -0.2) is 4.98 Å². The number of anilines is 1. The zero-order chi connectivity index (χ0) is 22.2. The van der Waals surface area contributed by atoms with Crippen LogP contribution in [-0.4, -0.2) is 38.8 Å². The van der Waals surface area contributed by atoms with Gasteiger partial charge in [0.05, 0.1) is 32.8 Å². The number of hydrogen-bond donors (Lipinski definition) is 1. The minimum atomic E-state index is -0.297. The Kier molecular flexibility index (Phi) is 7.63. The summed E-state index contributed by atoms with van der Waals surface area (Å²) in [6.45, 7) is 1.92. The molecule has 32 heavy (non-hydrogen) atoms. The van der Waals surface area contributed by atoms with Crippen LogP contribution in [-0.2, 0) is 34.2 Å². The fourth-order valence-electron chi connectivity index (χ4n) is 3.12. The number of rotatable bonds is 11. The van der Waals surface area contributed by atoms with Crippen molar-refractivity contribution in [2.24, 2.45) is 0 Å². The van der Waals surface area contributed by atoms with Crippen molar-refractivity contribution in [1.82, 2.24) is 19.5 Å². The SMILES string of the molecule is Nc1nc(Cl)c2ncn(COC(COCc3ccccc3)COCc3ccccc3)c2n1. The normalized spacial score (nSPS) is 11.4. The van der Waals surface area contributed by atoms with Crippen LogP contribution >= 0.6 is 11.6 Å². The first-order valence-electron chi connectivity index (χ1n) is 10.2. The van der Waals surface area contributed by atoms with E-state index in [-0.39, 0.29) is 23.9 Å². The third kappa shape index (κ3) is 6.02. The number of nitrogens with two attached hydrogens (primary N) is 1. The van der Waals surface area contributed by atoms with E-state index >= 15 is 0 Å². The molecule has 4 rings (SSSR count). The summed E-state index contributed by atoms with van der Waals surface area (Å²) in [5.74, 6) is 0.0817. The lowest BCUT2D eigenvalue weighted by Gasteiger charge is -2.19. The molecule has 2 aromatic carbocycles. The number of benzene rings is 2. The van der Waals surface area contributed by atoms with E-state index in [2.05, 4.69) is 15.0 Å². The molecule has 0 saturated heterocycles. The van der Waals surface area contributed by atoms with Crippen molar-refractivity contribution in [3.05, 3.63) is 83.3 Å². The van der Waals surface area contributed by atoms with Crippen LogP contribution in [0.4, 0.5) is 5.95 Å². The maximum Gasteiger partial charge on any atom is 0.223 e. The zero-order valence-corrected chi connectivity index (χ0v) is 18.2. The van der Waals surface area contributed by atoms with E-state index in [4.69, 9.17) is 31.5 Å². The van der Waals surface area contributed by atoms with Gasteiger partial charge in [0, 0.05) is 0 Å². The Labute approximate surface area is 190 Å². The molecule has 0 spiro atoms. The highest BCUT2D eigenvalue weighted by molar-refractivity contribution is 6.33. The van der Waals surface area contributed by atoms with Crippen molar-refractivity contribution in [2.75, 3.05) is 18.9 Å². The van der Waals surface area contributed by atoms with Crippen LogP contribution in [0.5, 0.6) is 0 Å². The number of ether oxygens (including phenoxy) is 3. The van der Waals surface area contributed by atoms with E-state index in [9.17, 15) is 0 Å². The van der Waals surface area contributed by atoms with Gasteiger partial charge in [0.15, 0.2) is 10.8 Å². The summed E-state index contributed by atoms with van der Waals surface area (Å²) in [5, 5.41) is 0.209. The second kappa shape index (κ2) is 11.0. The summed E-state index contributed by atoms with van der Waals surface area (Å²) in [7, 11) is 0. The van der Waals surface area contributed by atoms with Crippen LogP contribution in [0.25, 0.3) is 11.2 Å². The molecule has 2 heterocycles. The molecule has 0 unspecified atom stereocenters. The number of hydrogen-bond acceptors (Lipinski definition) is 7. The molecule has 9 heteroatoms. The van der Waals surface area contributed by atoms with E-state index in [1.165, 1.54) is 0 Å². The number of aromatic nitrogens is 4. The lowest BCUT2D eigenvalue weighted by molar-refractivity contribution is -0.0866. The van der Waals surface area contributed by atoms with Crippen LogP contribution in [0, 0.1) is 0 Å². The highest BCUT2D eigenvalue weighted by Gasteiger charge is 2.14. The summed E-state index contributed by atoms with van der Waals surface area (Å²) < 4.78 is 19.6. The quantitative estimate of drug-likeness (QED) is 0.344. The molecule has 0 aliphatic rings. The van der Waals surface area contributed by atoms with E-state index in [0.717, 1.165) is 11.1 Å². The van der Waals surface area contributed by atoms with Crippen molar-refractivity contribution >= 4 is 28.7 Å². The number of nitrogens with zero attached hydrogens (tertiary/aromatic N) is 4. The molecule has 2 N–H and O–H groups in total. The fraction of sp³-hybridized carbons (Fsp3) is 0.261. The minimum Gasteiger partial charge on any atom is -0.374 e. The zero-order valence-electron chi connectivity index (χ0n) is 17.4. The number of halogens is 1. The van der Waals surface area contributed by atoms with Gasteiger partial charge in [-0.05, 0) is 11.1 Å². The van der Waals surface area contributed by atoms with Gasteiger partial charge in [0.25, 0.3) is 0 Å². The van der Waals surface area contributed by atoms with Crippen molar-refractivity contribution in [2.45, 2.75) is 26.0 Å². The third-order valence-electron chi connectivity index (χ3n) is 4.72. The average Bonchev–Trinajstić information content (AvgIpc) is 3.21. The number of imidazole rings is 1. The van der Waals surface area contributed by atoms with Gasteiger partial charge in [-0.2, -0.15) is 9.97 Å². The molecule has 166 valence electrons. The number of fused-ring (bicyclic) bond motifs is 1. The molecule has 0 radical (unpaired) electrons. The van der Waals surface area contributed by atoms with Crippen molar-refractivity contribution < 1.29 is 14.2 Å². The van der Waals surface area contributed by atoms with Gasteiger partial charge in [0.1, 0.15) is 18.4 Å². The average molecular weight is 454 g/mol. The van der Waals surface area contributed by atoms with Crippen molar-refractivity contribution in [1.29, 1.82) is 0 Å². The Morgan fingerprint density at radius 1 is 0.875 bits per heavy atom. The highest BCUT2D eigenvalue weighted by Crippen LogP contribution is 2.19. The van der Waals surface area contributed by atoms with Gasteiger partial charge in [-0.15, -0.1) is 0 Å². The summed E-state index contributed by atoms with van der Waals surface area (Å²) >= 11 is 6.10. The van der Waals surface area contributed by atoms with Gasteiger partial charge < -0.3 is 19.9 Å². The predicted octanol–water partition coefficient (Wildman–Crippen LogP) is 3.84. The van der Waals surface area contributed by atoms with E-state index in [0.29, 0.717) is 37.6 Å². The molecule has 0 fully saturated rings. The molecule has 8 nitrogen and oxygen atoms in total. The Balaban J connectivity index is 1.37. The lowest BCUT2D eigenvalue weighted by Crippen LogP contribution is -2.27. The third-order valence-corrected chi connectivity index (χ3v) is 4.98. The first-order valence-corrected chi connectivity index (χ1v) is 10.6. The standard InChI is InChI=1S/C23H24ClN5O3/c24-21-20-22(28-23(25)27-21)29(15-26-20)16-32-19(13-30-11-17-7-3-1-4-8-17)14-31-12-18-9-5-2-6-10-18/h1-10,15,19H,11-14,16H2,(H2,25,27,28). The van der Waals surface area contributed by atoms with Crippen LogP contribution in [0.2, 0.25) is 5.15 Å². The van der Waals surface area contributed by atoms with Crippen LogP contribution in [0.3, 0.4) is 0 Å². The number of nitrogen functional groups attached to an aromatic ring is 1. The summed E-state index contributed by atoms with van der Waals surface area (Å²) in [4.78, 5) is 12.4. The molecule has 0 bridgehead atoms. The maximum absolute atomic E-state index is 6.10. The largest absolute Gasteiger partial charge is 0.374 e. The molecule has 0 atom stereocenters. The Morgan fingerprint density at radius 2 is 1.47 bits per heavy atom. The Bertz CT molecular complexity index is 1080. The van der Waals surface area contributed by atoms with Gasteiger partial charge >= 0.3 is 0 Å². The fourth-order valence-corrected chi connectivity index (χ4v) is 3.33. The molecule has 0 aliphatic heterocycles. The smallest absolute Gasteiger partial charge is 0.223 e. The maximum atomic E-state index is 6.10. The van der Waals surface area contributed by atoms with E-state index < -0.39 is 0 Å². The van der Waals surface area contributed by atoms with E-state index in [1.54, 1.807) is 10.9 Å². The molecular formula is C23H24ClN5O3. The second-order valence-corrected chi connectivity index (χ2v) is 7.54. The lowest BCUT2D eigenvalue weighted by atomic mass is 10.2. The van der Waals surface area contributed by atoms with Gasteiger partial charge in [-0.1, -0.05) is 72.3 Å². The molecule has 2 aromatic heterocycles. The Morgan fingerprint density at radius 3 is 2.06 bits per heavy atom. The van der Waals surface area contributed by atoms with Crippen LogP contribution in [0.1, 0.15) is 11.1 Å². The second-order valence-electron chi connectivity index (χ2n) is 7.18. The summed E-state index contributed by atoms with van der Waals surface area (Å²) in [6, 6.07) is 20.0. The highest BCUT2D eigenvalue weighted by atomic mass is 35.5. The topological polar surface area (TPSA) is 97.3 Å². The van der Waals surface area contributed by atoms with Crippen LogP contribution in [0.15, 0.2) is 67.0 Å². The van der Waals surface area contributed by atoms with E-state index in [1.807, 2.05) is 60.7 Å². The first-order chi connectivity index (χ1) is 15.7. The molecule has 0 aliphatic carbocycles. The summed E-state index contributed by atoms with van der Waals surface area (Å²) in [5.41, 5.74) is 8.90. The van der Waals surface area contributed by atoms with Crippen molar-refractivity contribution in [3.63, 3.8) is 0 Å². The Hall–Kier alpha value is -3.04. The molecular weight excluding hydrogens is 430 g/mol.